The van der Waals surface area contributed by atoms with Crippen molar-refractivity contribution in [2.24, 2.45) is 0 Å². The van der Waals surface area contributed by atoms with Crippen molar-refractivity contribution in [2.75, 3.05) is 32.3 Å². The number of amides is 2. The first kappa shape index (κ1) is 21.0. The van der Waals surface area contributed by atoms with Crippen molar-refractivity contribution in [1.82, 2.24) is 10.2 Å². The Morgan fingerprint density at radius 1 is 1.22 bits per heavy atom. The van der Waals surface area contributed by atoms with Gasteiger partial charge in [0, 0.05) is 32.5 Å². The molecule has 0 radical (unpaired) electrons. The normalized spacial score (nSPS) is 18.0. The number of methoxy groups -OCH3 is 2. The SMILES string of the molecule is COc1ccc(CNC(=O)CCN(C(C)=O)C2CCS(=O)(=O)C2)cc1OC. The van der Waals surface area contributed by atoms with Crippen molar-refractivity contribution in [3.05, 3.63) is 23.8 Å². The van der Waals surface area contributed by atoms with Crippen LogP contribution in [0.2, 0.25) is 0 Å². The molecule has 0 spiro atoms. The van der Waals surface area contributed by atoms with E-state index in [2.05, 4.69) is 5.32 Å². The van der Waals surface area contributed by atoms with E-state index in [1.165, 1.54) is 11.8 Å². The van der Waals surface area contributed by atoms with Crippen LogP contribution in [0.5, 0.6) is 11.5 Å². The zero-order valence-electron chi connectivity index (χ0n) is 15.9. The summed E-state index contributed by atoms with van der Waals surface area (Å²) in [6.45, 7) is 1.91. The maximum atomic E-state index is 12.1. The average molecular weight is 398 g/mol. The fourth-order valence-corrected chi connectivity index (χ4v) is 4.85. The highest BCUT2D eigenvalue weighted by atomic mass is 32.2. The smallest absolute Gasteiger partial charge is 0.222 e. The van der Waals surface area contributed by atoms with Crippen molar-refractivity contribution in [1.29, 1.82) is 0 Å². The van der Waals surface area contributed by atoms with E-state index in [0.717, 1.165) is 5.56 Å². The fourth-order valence-electron chi connectivity index (χ4n) is 3.12. The first-order chi connectivity index (χ1) is 12.8. The molecule has 27 heavy (non-hydrogen) atoms. The number of carbonyl (C=O) groups is 2. The van der Waals surface area contributed by atoms with Crippen molar-refractivity contribution in [2.45, 2.75) is 32.4 Å². The number of ether oxygens (including phenoxy) is 2. The predicted octanol–water partition coefficient (Wildman–Crippen LogP) is 0.746. The maximum Gasteiger partial charge on any atom is 0.222 e. The van der Waals surface area contributed by atoms with Crippen LogP contribution in [0.4, 0.5) is 0 Å². The lowest BCUT2D eigenvalue weighted by molar-refractivity contribution is -0.131. The standard InChI is InChI=1S/C18H26N2O6S/c1-13(21)20(15-7-9-27(23,24)12-15)8-6-18(22)19-11-14-4-5-16(25-2)17(10-14)26-3/h4-5,10,15H,6-9,11-12H2,1-3H3,(H,19,22). The van der Waals surface area contributed by atoms with Crippen LogP contribution >= 0.6 is 0 Å². The van der Waals surface area contributed by atoms with Gasteiger partial charge in [-0.25, -0.2) is 8.42 Å². The van der Waals surface area contributed by atoms with Gasteiger partial charge in [0.25, 0.3) is 0 Å². The van der Waals surface area contributed by atoms with Crippen LogP contribution in [-0.2, 0) is 26.0 Å². The molecule has 1 heterocycles. The molecule has 9 heteroatoms. The lowest BCUT2D eigenvalue weighted by atomic mass is 10.2. The lowest BCUT2D eigenvalue weighted by Gasteiger charge is -2.26. The first-order valence-corrected chi connectivity index (χ1v) is 10.5. The molecule has 2 rings (SSSR count). The fraction of sp³-hybridized carbons (Fsp3) is 0.556. The van der Waals surface area contributed by atoms with E-state index in [1.807, 2.05) is 6.07 Å². The molecule has 8 nitrogen and oxygen atoms in total. The zero-order chi connectivity index (χ0) is 20.0. The van der Waals surface area contributed by atoms with Gasteiger partial charge in [-0.05, 0) is 24.1 Å². The van der Waals surface area contributed by atoms with Gasteiger partial charge in [0.1, 0.15) is 0 Å². The summed E-state index contributed by atoms with van der Waals surface area (Å²) in [7, 11) is 0.00492. The second-order valence-electron chi connectivity index (χ2n) is 6.49. The minimum absolute atomic E-state index is 0.0279. The van der Waals surface area contributed by atoms with Gasteiger partial charge in [0.05, 0.1) is 25.7 Å². The third-order valence-corrected chi connectivity index (χ3v) is 6.32. The van der Waals surface area contributed by atoms with Crippen molar-refractivity contribution in [3.63, 3.8) is 0 Å². The number of carbonyl (C=O) groups excluding carboxylic acids is 2. The van der Waals surface area contributed by atoms with Crippen LogP contribution in [0.1, 0.15) is 25.3 Å². The summed E-state index contributed by atoms with van der Waals surface area (Å²) < 4.78 is 33.7. The van der Waals surface area contributed by atoms with Gasteiger partial charge in [-0.15, -0.1) is 0 Å². The highest BCUT2D eigenvalue weighted by molar-refractivity contribution is 7.91. The minimum atomic E-state index is -3.09. The Morgan fingerprint density at radius 2 is 1.93 bits per heavy atom. The number of benzene rings is 1. The highest BCUT2D eigenvalue weighted by Crippen LogP contribution is 2.27. The summed E-state index contributed by atoms with van der Waals surface area (Å²) in [5, 5.41) is 2.80. The molecule has 1 fully saturated rings. The van der Waals surface area contributed by atoms with Gasteiger partial charge < -0.3 is 19.7 Å². The van der Waals surface area contributed by atoms with E-state index in [4.69, 9.17) is 9.47 Å². The Kier molecular flexibility index (Phi) is 7.06. The molecule has 1 aromatic rings. The molecule has 0 aromatic heterocycles. The van der Waals surface area contributed by atoms with E-state index < -0.39 is 9.84 Å². The van der Waals surface area contributed by atoms with Gasteiger partial charge in [-0.3, -0.25) is 9.59 Å². The molecule has 150 valence electrons. The largest absolute Gasteiger partial charge is 0.493 e. The van der Waals surface area contributed by atoms with Gasteiger partial charge in [-0.1, -0.05) is 6.07 Å². The Bertz CT molecular complexity index is 793. The second kappa shape index (κ2) is 9.07. The van der Waals surface area contributed by atoms with Gasteiger partial charge in [0.15, 0.2) is 21.3 Å². The molecule has 1 saturated heterocycles. The van der Waals surface area contributed by atoms with Gasteiger partial charge in [0.2, 0.25) is 11.8 Å². The third-order valence-electron chi connectivity index (χ3n) is 4.57. The maximum absolute atomic E-state index is 12.1. The summed E-state index contributed by atoms with van der Waals surface area (Å²) in [6, 6.07) is 5.03. The quantitative estimate of drug-likeness (QED) is 0.693. The average Bonchev–Trinajstić information content (AvgIpc) is 2.99. The van der Waals surface area contributed by atoms with Crippen LogP contribution in [0.15, 0.2) is 18.2 Å². The lowest BCUT2D eigenvalue weighted by Crippen LogP contribution is -2.42. The second-order valence-corrected chi connectivity index (χ2v) is 8.71. The summed E-state index contributed by atoms with van der Waals surface area (Å²) in [6.07, 6.45) is 0.540. The topological polar surface area (TPSA) is 102 Å². The number of rotatable bonds is 8. The Hall–Kier alpha value is -2.29. The van der Waals surface area contributed by atoms with E-state index >= 15 is 0 Å². The molecular formula is C18H26N2O6S. The molecule has 0 saturated carbocycles. The Balaban J connectivity index is 1.87. The van der Waals surface area contributed by atoms with E-state index in [1.54, 1.807) is 26.4 Å². The third kappa shape index (κ3) is 5.85. The summed E-state index contributed by atoms with van der Waals surface area (Å²) in [4.78, 5) is 25.5. The molecule has 1 aliphatic heterocycles. The molecule has 2 amide bonds. The van der Waals surface area contributed by atoms with Gasteiger partial charge in [-0.2, -0.15) is 0 Å². The molecule has 1 atom stereocenters. The van der Waals surface area contributed by atoms with Crippen LogP contribution in [0.3, 0.4) is 0 Å². The molecular weight excluding hydrogens is 372 g/mol. The molecule has 1 N–H and O–H groups in total. The van der Waals surface area contributed by atoms with E-state index in [-0.39, 0.29) is 42.3 Å². The van der Waals surface area contributed by atoms with E-state index in [9.17, 15) is 18.0 Å². The summed E-state index contributed by atoms with van der Waals surface area (Å²) in [5.74, 6) is 0.819. The minimum Gasteiger partial charge on any atom is -0.493 e. The highest BCUT2D eigenvalue weighted by Gasteiger charge is 2.33. The van der Waals surface area contributed by atoms with Crippen molar-refractivity contribution < 1.29 is 27.5 Å². The number of nitrogens with zero attached hydrogens (tertiary/aromatic N) is 1. The monoisotopic (exact) mass is 398 g/mol. The van der Waals surface area contributed by atoms with Gasteiger partial charge >= 0.3 is 0 Å². The first-order valence-electron chi connectivity index (χ1n) is 8.71. The summed E-state index contributed by atoms with van der Waals surface area (Å²) >= 11 is 0. The molecule has 1 aromatic carbocycles. The predicted molar refractivity (Wildman–Crippen MR) is 100 cm³/mol. The van der Waals surface area contributed by atoms with Crippen molar-refractivity contribution in [3.8, 4) is 11.5 Å². The molecule has 1 aliphatic rings. The van der Waals surface area contributed by atoms with Crippen molar-refractivity contribution >= 4 is 21.7 Å². The van der Waals surface area contributed by atoms with E-state index in [0.29, 0.717) is 24.5 Å². The number of hydrogen-bond donors (Lipinski definition) is 1. The van der Waals surface area contributed by atoms with Crippen LogP contribution in [0, 0.1) is 0 Å². The zero-order valence-corrected chi connectivity index (χ0v) is 16.7. The Morgan fingerprint density at radius 3 is 2.48 bits per heavy atom. The van der Waals surface area contributed by atoms with Crippen LogP contribution < -0.4 is 14.8 Å². The van der Waals surface area contributed by atoms with Crippen LogP contribution in [-0.4, -0.2) is 63.4 Å². The number of nitrogens with one attached hydrogen (secondary N) is 1. The van der Waals surface area contributed by atoms with Crippen LogP contribution in [0.25, 0.3) is 0 Å². The molecule has 0 bridgehead atoms. The molecule has 0 aliphatic carbocycles. The number of hydrogen-bond acceptors (Lipinski definition) is 6. The molecule has 1 unspecified atom stereocenters. The summed E-state index contributed by atoms with van der Waals surface area (Å²) in [5.41, 5.74) is 0.853. The Labute approximate surface area is 159 Å². The number of sulfone groups is 1.